The summed E-state index contributed by atoms with van der Waals surface area (Å²) in [4.78, 5) is 36.6. The van der Waals surface area contributed by atoms with Crippen molar-refractivity contribution < 1.29 is 14.0 Å². The predicted octanol–water partition coefficient (Wildman–Crippen LogP) is 1.24. The molecule has 0 aromatic carbocycles. The summed E-state index contributed by atoms with van der Waals surface area (Å²) in [5.74, 6) is 0.638. The van der Waals surface area contributed by atoms with Crippen molar-refractivity contribution in [3.8, 4) is 0 Å². The molecule has 0 unspecified atom stereocenters. The smallest absolute Gasteiger partial charge is 0.289 e. The molecule has 1 saturated heterocycles. The first-order valence-corrected chi connectivity index (χ1v) is 8.41. The van der Waals surface area contributed by atoms with Gasteiger partial charge in [0.1, 0.15) is 0 Å². The van der Waals surface area contributed by atoms with Gasteiger partial charge >= 0.3 is 0 Å². The van der Waals surface area contributed by atoms with Crippen LogP contribution in [0.3, 0.4) is 0 Å². The van der Waals surface area contributed by atoms with E-state index in [1.54, 1.807) is 34.3 Å². The normalized spacial score (nSPS) is 17.4. The molecule has 25 heavy (non-hydrogen) atoms. The first-order valence-electron chi connectivity index (χ1n) is 8.41. The van der Waals surface area contributed by atoms with Gasteiger partial charge in [0.25, 0.3) is 11.8 Å². The van der Waals surface area contributed by atoms with E-state index in [-0.39, 0.29) is 11.8 Å². The van der Waals surface area contributed by atoms with Gasteiger partial charge in [-0.2, -0.15) is 0 Å². The van der Waals surface area contributed by atoms with Gasteiger partial charge in [-0.25, -0.2) is 9.97 Å². The van der Waals surface area contributed by atoms with E-state index in [9.17, 15) is 9.59 Å². The summed E-state index contributed by atoms with van der Waals surface area (Å²) in [7, 11) is 0. The van der Waals surface area contributed by atoms with E-state index in [0.717, 1.165) is 12.8 Å². The third-order valence-corrected chi connectivity index (χ3v) is 4.40. The zero-order valence-corrected chi connectivity index (χ0v) is 13.7. The molecule has 8 nitrogen and oxygen atoms in total. The maximum absolute atomic E-state index is 12.6. The molecular weight excluding hydrogens is 322 g/mol. The molecule has 3 heterocycles. The van der Waals surface area contributed by atoms with Crippen LogP contribution < -0.4 is 5.32 Å². The number of rotatable bonds is 4. The van der Waals surface area contributed by atoms with E-state index in [1.165, 1.54) is 6.26 Å². The van der Waals surface area contributed by atoms with Crippen molar-refractivity contribution >= 4 is 17.8 Å². The first-order chi connectivity index (χ1) is 12.2. The highest BCUT2D eigenvalue weighted by molar-refractivity contribution is 5.94. The van der Waals surface area contributed by atoms with Crippen LogP contribution in [-0.2, 0) is 0 Å². The molecule has 2 aromatic heterocycles. The Morgan fingerprint density at radius 1 is 1.04 bits per heavy atom. The van der Waals surface area contributed by atoms with Crippen LogP contribution >= 0.6 is 0 Å². The molecule has 1 aliphatic carbocycles. The molecule has 0 atom stereocenters. The largest absolute Gasteiger partial charge is 0.459 e. The monoisotopic (exact) mass is 341 g/mol. The van der Waals surface area contributed by atoms with E-state index in [0.29, 0.717) is 49.5 Å². The third kappa shape index (κ3) is 3.47. The van der Waals surface area contributed by atoms with Crippen molar-refractivity contribution in [3.63, 3.8) is 0 Å². The SMILES string of the molecule is O=C(c1cnc(NC2CC2)nc1)N1CCN(C(=O)c2ccco2)CC1. The summed E-state index contributed by atoms with van der Waals surface area (Å²) in [6.07, 6.45) is 6.88. The second-order valence-electron chi connectivity index (χ2n) is 6.28. The van der Waals surface area contributed by atoms with Crippen LogP contribution in [0.15, 0.2) is 35.2 Å². The minimum Gasteiger partial charge on any atom is -0.459 e. The molecule has 2 fully saturated rings. The number of aromatic nitrogens is 2. The molecule has 1 aliphatic heterocycles. The molecule has 130 valence electrons. The number of nitrogens with zero attached hydrogens (tertiary/aromatic N) is 4. The Kier molecular flexibility index (Phi) is 4.09. The maximum Gasteiger partial charge on any atom is 0.289 e. The molecular formula is C17H19N5O3. The number of carbonyl (C=O) groups is 2. The van der Waals surface area contributed by atoms with E-state index in [1.807, 2.05) is 0 Å². The maximum atomic E-state index is 12.6. The number of hydrogen-bond donors (Lipinski definition) is 1. The Morgan fingerprint density at radius 2 is 1.68 bits per heavy atom. The zero-order valence-electron chi connectivity index (χ0n) is 13.7. The third-order valence-electron chi connectivity index (χ3n) is 4.40. The molecule has 2 amide bonds. The summed E-state index contributed by atoms with van der Waals surface area (Å²) >= 11 is 0. The summed E-state index contributed by atoms with van der Waals surface area (Å²) in [6.45, 7) is 1.92. The van der Waals surface area contributed by atoms with Crippen molar-refractivity contribution in [2.45, 2.75) is 18.9 Å². The first kappa shape index (κ1) is 15.6. The fraction of sp³-hybridized carbons (Fsp3) is 0.412. The standard InChI is InChI=1S/C17H19N5O3/c23-15(12-10-18-17(19-11-12)20-13-3-4-13)21-5-7-22(8-6-21)16(24)14-2-1-9-25-14/h1-2,9-11,13H,3-8H2,(H,18,19,20). The molecule has 1 saturated carbocycles. The highest BCUT2D eigenvalue weighted by Crippen LogP contribution is 2.22. The molecule has 4 rings (SSSR count). The number of furan rings is 1. The van der Waals surface area contributed by atoms with Gasteiger partial charge in [0, 0.05) is 44.6 Å². The van der Waals surface area contributed by atoms with Crippen LogP contribution in [0.5, 0.6) is 0 Å². The predicted molar refractivity (Wildman–Crippen MR) is 89.2 cm³/mol. The lowest BCUT2D eigenvalue weighted by atomic mass is 10.2. The van der Waals surface area contributed by atoms with Crippen molar-refractivity contribution in [2.75, 3.05) is 31.5 Å². The van der Waals surface area contributed by atoms with Gasteiger partial charge in [0.05, 0.1) is 11.8 Å². The second kappa shape index (κ2) is 6.54. The Morgan fingerprint density at radius 3 is 2.24 bits per heavy atom. The van der Waals surface area contributed by atoms with Gasteiger partial charge in [-0.05, 0) is 25.0 Å². The number of piperazine rings is 1. The van der Waals surface area contributed by atoms with Crippen LogP contribution in [0.25, 0.3) is 0 Å². The molecule has 2 aliphatic rings. The van der Waals surface area contributed by atoms with Gasteiger partial charge in [-0.15, -0.1) is 0 Å². The average Bonchev–Trinajstić information content (AvgIpc) is 3.30. The van der Waals surface area contributed by atoms with Crippen molar-refractivity contribution in [2.24, 2.45) is 0 Å². The van der Waals surface area contributed by atoms with Crippen LogP contribution in [0, 0.1) is 0 Å². The van der Waals surface area contributed by atoms with Crippen molar-refractivity contribution in [1.82, 2.24) is 19.8 Å². The van der Waals surface area contributed by atoms with Gasteiger partial charge in [-0.1, -0.05) is 0 Å². The Labute approximate surface area is 144 Å². The van der Waals surface area contributed by atoms with Crippen molar-refractivity contribution in [3.05, 3.63) is 42.1 Å². The topological polar surface area (TPSA) is 91.6 Å². The Bertz CT molecular complexity index is 747. The van der Waals surface area contributed by atoms with E-state index >= 15 is 0 Å². The minimum atomic E-state index is -0.143. The molecule has 0 radical (unpaired) electrons. The quantitative estimate of drug-likeness (QED) is 0.900. The van der Waals surface area contributed by atoms with E-state index in [2.05, 4.69) is 15.3 Å². The lowest BCUT2D eigenvalue weighted by molar-refractivity contribution is 0.0517. The van der Waals surface area contributed by atoms with Gasteiger partial charge in [-0.3, -0.25) is 9.59 Å². The van der Waals surface area contributed by atoms with Crippen LogP contribution in [0.2, 0.25) is 0 Å². The zero-order chi connectivity index (χ0) is 17.2. The van der Waals surface area contributed by atoms with E-state index < -0.39 is 0 Å². The van der Waals surface area contributed by atoms with Gasteiger partial charge in [0.15, 0.2) is 5.76 Å². The Balaban J connectivity index is 1.33. The van der Waals surface area contributed by atoms with Gasteiger partial charge in [0.2, 0.25) is 5.95 Å². The number of nitrogens with one attached hydrogen (secondary N) is 1. The highest BCUT2D eigenvalue weighted by atomic mass is 16.3. The molecule has 0 bridgehead atoms. The molecule has 0 spiro atoms. The number of amides is 2. The minimum absolute atomic E-state index is 0.108. The Hall–Kier alpha value is -2.90. The van der Waals surface area contributed by atoms with Crippen LogP contribution in [0.1, 0.15) is 33.8 Å². The second-order valence-corrected chi connectivity index (χ2v) is 6.28. The number of carbonyl (C=O) groups excluding carboxylic acids is 2. The van der Waals surface area contributed by atoms with E-state index in [4.69, 9.17) is 4.42 Å². The molecule has 2 aromatic rings. The lowest BCUT2D eigenvalue weighted by Gasteiger charge is -2.34. The van der Waals surface area contributed by atoms with Crippen molar-refractivity contribution in [1.29, 1.82) is 0 Å². The number of anilines is 1. The average molecular weight is 341 g/mol. The van der Waals surface area contributed by atoms with Crippen LogP contribution in [-0.4, -0.2) is 63.8 Å². The lowest BCUT2D eigenvalue weighted by Crippen LogP contribution is -2.50. The summed E-state index contributed by atoms with van der Waals surface area (Å²) in [5, 5.41) is 3.19. The summed E-state index contributed by atoms with van der Waals surface area (Å²) in [6, 6.07) is 3.81. The fourth-order valence-electron chi connectivity index (χ4n) is 2.77. The van der Waals surface area contributed by atoms with Gasteiger partial charge < -0.3 is 19.5 Å². The molecule has 8 heteroatoms. The summed E-state index contributed by atoms with van der Waals surface area (Å²) < 4.78 is 5.14. The fourth-order valence-corrected chi connectivity index (χ4v) is 2.77. The summed E-state index contributed by atoms with van der Waals surface area (Å²) in [5.41, 5.74) is 0.465. The highest BCUT2D eigenvalue weighted by Gasteiger charge is 2.27. The van der Waals surface area contributed by atoms with Crippen LogP contribution in [0.4, 0.5) is 5.95 Å². The molecule has 1 N–H and O–H groups in total. The number of hydrogen-bond acceptors (Lipinski definition) is 6.